The molecule has 0 N–H and O–H groups in total. The first-order chi connectivity index (χ1) is 9.27. The van der Waals surface area contributed by atoms with E-state index in [-0.39, 0.29) is 0 Å². The normalized spacial score (nSPS) is 28.5. The van der Waals surface area contributed by atoms with Gasteiger partial charge in [-0.25, -0.2) is 0 Å². The first-order valence-corrected chi connectivity index (χ1v) is 9.27. The second kappa shape index (κ2) is 7.85. The SMILES string of the molecule is CCC(CC(C)C)C(C)CC(C(C)C(C)C)C1CC1C. The molecule has 0 nitrogen and oxygen atoms in total. The van der Waals surface area contributed by atoms with Crippen LogP contribution in [0.25, 0.3) is 0 Å². The van der Waals surface area contributed by atoms with Crippen molar-refractivity contribution in [3.05, 3.63) is 0 Å². The fourth-order valence-electron chi connectivity index (χ4n) is 4.25. The van der Waals surface area contributed by atoms with Gasteiger partial charge in [0.15, 0.2) is 0 Å². The van der Waals surface area contributed by atoms with E-state index in [0.29, 0.717) is 0 Å². The van der Waals surface area contributed by atoms with Crippen LogP contribution < -0.4 is 0 Å². The molecule has 0 aromatic rings. The van der Waals surface area contributed by atoms with E-state index in [1.807, 2.05) is 0 Å². The number of rotatable bonds is 9. The lowest BCUT2D eigenvalue weighted by Crippen LogP contribution is -2.25. The molecule has 0 heterocycles. The topological polar surface area (TPSA) is 0 Å². The lowest BCUT2D eigenvalue weighted by Gasteiger charge is -2.33. The molecular weight excluding hydrogens is 240 g/mol. The van der Waals surface area contributed by atoms with Gasteiger partial charge in [-0.15, -0.1) is 0 Å². The predicted octanol–water partition coefficient (Wildman–Crippen LogP) is 6.65. The fraction of sp³-hybridized carbons (Fsp3) is 1.00. The van der Waals surface area contributed by atoms with Gasteiger partial charge >= 0.3 is 0 Å². The largest absolute Gasteiger partial charge is 0.0651 e. The minimum atomic E-state index is 0.838. The van der Waals surface area contributed by atoms with Crippen molar-refractivity contribution in [1.82, 2.24) is 0 Å². The minimum absolute atomic E-state index is 0.838. The first kappa shape index (κ1) is 18.1. The van der Waals surface area contributed by atoms with Crippen LogP contribution in [0.15, 0.2) is 0 Å². The molecule has 0 bridgehead atoms. The van der Waals surface area contributed by atoms with Crippen molar-refractivity contribution < 1.29 is 0 Å². The Morgan fingerprint density at radius 1 is 0.950 bits per heavy atom. The maximum Gasteiger partial charge on any atom is -0.0352 e. The van der Waals surface area contributed by atoms with E-state index in [0.717, 1.165) is 47.3 Å². The smallest absolute Gasteiger partial charge is 0.0352 e. The third-order valence-electron chi connectivity index (χ3n) is 6.20. The molecule has 0 aromatic heterocycles. The maximum atomic E-state index is 2.53. The van der Waals surface area contributed by atoms with Gasteiger partial charge in [0, 0.05) is 0 Å². The van der Waals surface area contributed by atoms with Crippen LogP contribution >= 0.6 is 0 Å². The molecule has 6 unspecified atom stereocenters. The van der Waals surface area contributed by atoms with Crippen molar-refractivity contribution in [2.75, 3.05) is 0 Å². The average molecular weight is 281 g/mol. The third-order valence-corrected chi connectivity index (χ3v) is 6.20. The van der Waals surface area contributed by atoms with Crippen LogP contribution in [0.3, 0.4) is 0 Å². The van der Waals surface area contributed by atoms with Gasteiger partial charge in [-0.1, -0.05) is 61.8 Å². The Morgan fingerprint density at radius 2 is 1.50 bits per heavy atom. The molecule has 1 aliphatic rings. The van der Waals surface area contributed by atoms with Crippen LogP contribution in [0.5, 0.6) is 0 Å². The fourth-order valence-corrected chi connectivity index (χ4v) is 4.25. The van der Waals surface area contributed by atoms with E-state index >= 15 is 0 Å². The van der Waals surface area contributed by atoms with Gasteiger partial charge in [-0.05, 0) is 66.6 Å². The van der Waals surface area contributed by atoms with Crippen LogP contribution in [0.2, 0.25) is 0 Å². The molecule has 0 radical (unpaired) electrons. The standard InChI is InChI=1S/C20H40/c1-9-18(10-13(2)3)15(6)11-20(17(8)14(4)5)19-12-16(19)7/h13-20H,9-12H2,1-8H3. The lowest BCUT2D eigenvalue weighted by molar-refractivity contribution is 0.164. The highest BCUT2D eigenvalue weighted by Gasteiger charge is 2.42. The van der Waals surface area contributed by atoms with Crippen molar-refractivity contribution in [3.8, 4) is 0 Å². The molecule has 0 spiro atoms. The van der Waals surface area contributed by atoms with Gasteiger partial charge < -0.3 is 0 Å². The highest BCUT2D eigenvalue weighted by molar-refractivity contribution is 4.92. The van der Waals surface area contributed by atoms with Crippen molar-refractivity contribution in [3.63, 3.8) is 0 Å². The lowest BCUT2D eigenvalue weighted by atomic mass is 9.72. The quantitative estimate of drug-likeness (QED) is 0.443. The number of hydrogen-bond donors (Lipinski definition) is 0. The molecule has 120 valence electrons. The van der Waals surface area contributed by atoms with E-state index in [9.17, 15) is 0 Å². The third kappa shape index (κ3) is 5.08. The Kier molecular flexibility index (Phi) is 7.09. The van der Waals surface area contributed by atoms with Crippen LogP contribution in [-0.2, 0) is 0 Å². The summed E-state index contributed by atoms with van der Waals surface area (Å²) in [5, 5.41) is 0. The van der Waals surface area contributed by atoms with Gasteiger partial charge in [0.05, 0.1) is 0 Å². The molecule has 6 atom stereocenters. The molecule has 20 heavy (non-hydrogen) atoms. The van der Waals surface area contributed by atoms with Gasteiger partial charge in [0.1, 0.15) is 0 Å². The van der Waals surface area contributed by atoms with Crippen LogP contribution in [-0.4, -0.2) is 0 Å². The Labute approximate surface area is 129 Å². The van der Waals surface area contributed by atoms with Gasteiger partial charge in [0.2, 0.25) is 0 Å². The van der Waals surface area contributed by atoms with E-state index in [1.54, 1.807) is 0 Å². The first-order valence-electron chi connectivity index (χ1n) is 9.27. The summed E-state index contributed by atoms with van der Waals surface area (Å²) in [6.45, 7) is 19.5. The summed E-state index contributed by atoms with van der Waals surface area (Å²) < 4.78 is 0. The second-order valence-electron chi connectivity index (χ2n) is 8.65. The summed E-state index contributed by atoms with van der Waals surface area (Å²) in [6.07, 6.45) is 5.75. The molecule has 1 saturated carbocycles. The van der Waals surface area contributed by atoms with Gasteiger partial charge in [0.25, 0.3) is 0 Å². The molecule has 1 aliphatic carbocycles. The maximum absolute atomic E-state index is 2.53. The Morgan fingerprint density at radius 3 is 1.85 bits per heavy atom. The molecule has 1 rings (SSSR count). The molecule has 0 saturated heterocycles. The molecular formula is C20H40. The van der Waals surface area contributed by atoms with Crippen molar-refractivity contribution in [1.29, 1.82) is 0 Å². The monoisotopic (exact) mass is 280 g/mol. The van der Waals surface area contributed by atoms with E-state index in [2.05, 4.69) is 55.4 Å². The van der Waals surface area contributed by atoms with Crippen LogP contribution in [0.1, 0.15) is 81.1 Å². The van der Waals surface area contributed by atoms with Gasteiger partial charge in [-0.3, -0.25) is 0 Å². The Bertz CT molecular complexity index is 265. The minimum Gasteiger partial charge on any atom is -0.0651 e. The summed E-state index contributed by atoms with van der Waals surface area (Å²) in [4.78, 5) is 0. The van der Waals surface area contributed by atoms with E-state index in [4.69, 9.17) is 0 Å². The average Bonchev–Trinajstić information content (AvgIpc) is 3.08. The van der Waals surface area contributed by atoms with Crippen molar-refractivity contribution >= 4 is 0 Å². The van der Waals surface area contributed by atoms with E-state index < -0.39 is 0 Å². The zero-order valence-corrected chi connectivity index (χ0v) is 15.4. The summed E-state index contributed by atoms with van der Waals surface area (Å²) in [6, 6.07) is 0. The van der Waals surface area contributed by atoms with E-state index in [1.165, 1.54) is 25.7 Å². The second-order valence-corrected chi connectivity index (χ2v) is 8.65. The van der Waals surface area contributed by atoms with Crippen LogP contribution in [0.4, 0.5) is 0 Å². The summed E-state index contributed by atoms with van der Waals surface area (Å²) in [7, 11) is 0. The summed E-state index contributed by atoms with van der Waals surface area (Å²) in [5.41, 5.74) is 0. The molecule has 0 heteroatoms. The molecule has 0 amide bonds. The van der Waals surface area contributed by atoms with Gasteiger partial charge in [-0.2, -0.15) is 0 Å². The predicted molar refractivity (Wildman–Crippen MR) is 91.8 cm³/mol. The Balaban J connectivity index is 2.63. The zero-order chi connectivity index (χ0) is 15.4. The summed E-state index contributed by atoms with van der Waals surface area (Å²) >= 11 is 0. The molecule has 0 aliphatic heterocycles. The highest BCUT2D eigenvalue weighted by Crippen LogP contribution is 2.50. The van der Waals surface area contributed by atoms with Crippen molar-refractivity contribution in [2.45, 2.75) is 81.1 Å². The number of hydrogen-bond acceptors (Lipinski definition) is 0. The molecule has 0 aromatic carbocycles. The Hall–Kier alpha value is 0. The zero-order valence-electron chi connectivity index (χ0n) is 15.4. The molecule has 1 fully saturated rings. The summed E-state index contributed by atoms with van der Waals surface area (Å²) in [5.74, 6) is 7.43. The van der Waals surface area contributed by atoms with Crippen LogP contribution in [0, 0.1) is 47.3 Å². The van der Waals surface area contributed by atoms with Crippen molar-refractivity contribution in [2.24, 2.45) is 47.3 Å². The highest BCUT2D eigenvalue weighted by atomic mass is 14.5.